The molecule has 3 unspecified atom stereocenters. The normalized spacial score (nSPS) is 13.5. The van der Waals surface area contributed by atoms with Crippen LogP contribution in [0.5, 0.6) is 0 Å². The summed E-state index contributed by atoms with van der Waals surface area (Å²) in [5.41, 5.74) is 6.82. The molecule has 0 heterocycles. The number of aryl methyl sites for hydroxylation is 2. The summed E-state index contributed by atoms with van der Waals surface area (Å²) in [6.07, 6.45) is -0.524. The predicted octanol–water partition coefficient (Wildman–Crippen LogP) is 4.81. The number of carbonyl (C=O) groups is 5. The quantitative estimate of drug-likeness (QED) is 0.247. The van der Waals surface area contributed by atoms with Gasteiger partial charge in [0.2, 0.25) is 17.7 Å². The molecule has 0 aliphatic heterocycles. The van der Waals surface area contributed by atoms with Crippen molar-refractivity contribution >= 4 is 29.8 Å². The zero-order chi connectivity index (χ0) is 35.5. The van der Waals surface area contributed by atoms with E-state index in [0.29, 0.717) is 12.0 Å². The van der Waals surface area contributed by atoms with Crippen molar-refractivity contribution in [1.29, 1.82) is 0 Å². The molecule has 0 fully saturated rings. The van der Waals surface area contributed by atoms with Crippen LogP contribution < -0.4 is 16.4 Å². The number of nitrogens with two attached hydrogens (primary N) is 1. The molecule has 2 aromatic carbocycles. The van der Waals surface area contributed by atoms with E-state index in [2.05, 4.69) is 10.6 Å². The summed E-state index contributed by atoms with van der Waals surface area (Å²) < 4.78 is 11.1. The fourth-order valence-electron chi connectivity index (χ4n) is 5.05. The van der Waals surface area contributed by atoms with Gasteiger partial charge in [0.15, 0.2) is 0 Å². The molecule has 47 heavy (non-hydrogen) atoms. The molecule has 0 aromatic heterocycles. The Hall–Kier alpha value is -4.41. The number of alkyl carbamates (subject to hydrolysis) is 1. The highest BCUT2D eigenvalue weighted by Crippen LogP contribution is 2.28. The lowest BCUT2D eigenvalue weighted by atomic mass is 9.95. The maximum atomic E-state index is 14.5. The Morgan fingerprint density at radius 1 is 0.851 bits per heavy atom. The Morgan fingerprint density at radius 2 is 1.47 bits per heavy atom. The number of esters is 1. The minimum atomic E-state index is -1.23. The minimum absolute atomic E-state index is 0.108. The van der Waals surface area contributed by atoms with Gasteiger partial charge in [0.25, 0.3) is 0 Å². The third-order valence-corrected chi connectivity index (χ3v) is 6.99. The van der Waals surface area contributed by atoms with E-state index < -0.39 is 59.1 Å². The molecule has 0 aliphatic rings. The van der Waals surface area contributed by atoms with Crippen molar-refractivity contribution in [2.75, 3.05) is 6.54 Å². The van der Waals surface area contributed by atoms with Crippen molar-refractivity contribution in [2.45, 2.75) is 117 Å². The fourth-order valence-corrected chi connectivity index (χ4v) is 5.05. The molecule has 0 radical (unpaired) electrons. The van der Waals surface area contributed by atoms with E-state index in [-0.39, 0.29) is 25.8 Å². The molecule has 258 valence electrons. The van der Waals surface area contributed by atoms with Gasteiger partial charge in [0, 0.05) is 19.4 Å². The molecule has 0 bridgehead atoms. The summed E-state index contributed by atoms with van der Waals surface area (Å²) in [5.74, 6) is -2.47. The third kappa shape index (κ3) is 13.1. The van der Waals surface area contributed by atoms with Crippen LogP contribution in [0.1, 0.15) is 96.0 Å². The summed E-state index contributed by atoms with van der Waals surface area (Å²) in [4.78, 5) is 68.3. The van der Waals surface area contributed by atoms with E-state index in [1.54, 1.807) is 47.6 Å². The summed E-state index contributed by atoms with van der Waals surface area (Å²) in [5, 5.41) is 5.48. The molecule has 11 heteroatoms. The highest BCUT2D eigenvalue weighted by molar-refractivity contribution is 5.94. The van der Waals surface area contributed by atoms with Gasteiger partial charge in [-0.2, -0.15) is 0 Å². The van der Waals surface area contributed by atoms with Gasteiger partial charge in [-0.3, -0.25) is 14.4 Å². The first-order valence-electron chi connectivity index (χ1n) is 16.0. The second-order valence-electron chi connectivity index (χ2n) is 13.8. The Bertz CT molecular complexity index is 1400. The monoisotopic (exact) mass is 652 g/mol. The van der Waals surface area contributed by atoms with E-state index in [1.165, 1.54) is 4.90 Å². The second kappa shape index (κ2) is 16.9. The predicted molar refractivity (Wildman–Crippen MR) is 180 cm³/mol. The van der Waals surface area contributed by atoms with Crippen molar-refractivity contribution in [3.05, 3.63) is 70.8 Å². The molecule has 0 aliphatic carbocycles. The maximum Gasteiger partial charge on any atom is 0.408 e. The van der Waals surface area contributed by atoms with Gasteiger partial charge in [-0.1, -0.05) is 61.0 Å². The molecule has 4 amide bonds. The molecule has 3 atom stereocenters. The lowest BCUT2D eigenvalue weighted by Gasteiger charge is -2.36. The maximum absolute atomic E-state index is 14.5. The van der Waals surface area contributed by atoms with Gasteiger partial charge in [-0.15, -0.1) is 0 Å². The van der Waals surface area contributed by atoms with E-state index in [1.807, 2.05) is 63.2 Å². The smallest absolute Gasteiger partial charge is 0.408 e. The Kier molecular flexibility index (Phi) is 14.0. The van der Waals surface area contributed by atoms with Gasteiger partial charge in [-0.25, -0.2) is 9.59 Å². The zero-order valence-corrected chi connectivity index (χ0v) is 29.3. The molecule has 2 rings (SSSR count). The van der Waals surface area contributed by atoms with Crippen molar-refractivity contribution in [1.82, 2.24) is 15.5 Å². The van der Waals surface area contributed by atoms with Gasteiger partial charge in [0.05, 0.1) is 0 Å². The summed E-state index contributed by atoms with van der Waals surface area (Å²) >= 11 is 0. The molecule has 2 aromatic rings. The van der Waals surface area contributed by atoms with Crippen molar-refractivity contribution in [2.24, 2.45) is 5.73 Å². The third-order valence-electron chi connectivity index (χ3n) is 6.99. The van der Waals surface area contributed by atoms with Crippen LogP contribution in [0.15, 0.2) is 48.5 Å². The topological polar surface area (TPSA) is 157 Å². The number of hydrogen-bond donors (Lipinski definition) is 3. The van der Waals surface area contributed by atoms with E-state index in [4.69, 9.17) is 15.2 Å². The first kappa shape index (κ1) is 38.8. The molecule has 0 spiro atoms. The Labute approximate surface area is 278 Å². The van der Waals surface area contributed by atoms with Gasteiger partial charge >= 0.3 is 12.1 Å². The van der Waals surface area contributed by atoms with Crippen molar-refractivity contribution in [3.63, 3.8) is 0 Å². The summed E-state index contributed by atoms with van der Waals surface area (Å²) in [7, 11) is 0. The number of nitrogens with one attached hydrogen (secondary N) is 2. The second-order valence-corrected chi connectivity index (χ2v) is 13.8. The molecule has 11 nitrogen and oxygen atoms in total. The zero-order valence-electron chi connectivity index (χ0n) is 29.3. The van der Waals surface area contributed by atoms with Gasteiger partial charge in [-0.05, 0) is 84.9 Å². The number of ether oxygens (including phenoxy) is 2. The molecule has 0 saturated carbocycles. The van der Waals surface area contributed by atoms with Crippen LogP contribution in [0.4, 0.5) is 4.79 Å². The van der Waals surface area contributed by atoms with Crippen LogP contribution in [0.25, 0.3) is 0 Å². The van der Waals surface area contributed by atoms with Gasteiger partial charge in [0.1, 0.15) is 29.3 Å². The first-order chi connectivity index (χ1) is 21.8. The lowest BCUT2D eigenvalue weighted by molar-refractivity contribution is -0.159. The van der Waals surface area contributed by atoms with Crippen LogP contribution in [-0.4, -0.2) is 64.5 Å². The first-order valence-corrected chi connectivity index (χ1v) is 16.0. The van der Waals surface area contributed by atoms with E-state index in [9.17, 15) is 24.0 Å². The number of nitrogens with zero attached hydrogens (tertiary/aromatic N) is 1. The lowest BCUT2D eigenvalue weighted by Crippen LogP contribution is -2.55. The molecular formula is C36H52N4O7. The SMILES string of the molecule is CCCN(C(=O)C(CCC(N)=O)NC(=O)OC(C)(C)C)C(C(=O)NC(Cc1ccccc1)C(=O)OC(C)(C)C)c1ccc(C)cc1C. The Balaban J connectivity index is 2.63. The van der Waals surface area contributed by atoms with E-state index >= 15 is 0 Å². The standard InChI is InChI=1S/C36H52N4O7/c1-10-20-40(32(43)27(18-19-29(37)41)39-34(45)47-36(7,8)9)30(26-17-16-23(2)21-24(26)3)31(42)38-28(33(44)46-35(4,5)6)22-25-14-12-11-13-15-25/h11-17,21,27-28,30H,10,18-20,22H2,1-9H3,(H2,37,41)(H,38,42)(H,39,45). The van der Waals surface area contributed by atoms with Gasteiger partial charge < -0.3 is 30.7 Å². The number of hydrogen-bond acceptors (Lipinski definition) is 7. The number of amides is 4. The average Bonchev–Trinajstić information content (AvgIpc) is 2.94. The number of rotatable bonds is 14. The van der Waals surface area contributed by atoms with Crippen molar-refractivity contribution in [3.8, 4) is 0 Å². The average molecular weight is 653 g/mol. The molecule has 0 saturated heterocycles. The number of carbonyl (C=O) groups excluding carboxylic acids is 5. The summed E-state index contributed by atoms with van der Waals surface area (Å²) in [6, 6.07) is 11.3. The van der Waals surface area contributed by atoms with Crippen LogP contribution in [0, 0.1) is 13.8 Å². The molecule has 4 N–H and O–H groups in total. The number of primary amides is 1. The minimum Gasteiger partial charge on any atom is -0.458 e. The van der Waals surface area contributed by atoms with Crippen LogP contribution >= 0.6 is 0 Å². The highest BCUT2D eigenvalue weighted by atomic mass is 16.6. The van der Waals surface area contributed by atoms with Crippen LogP contribution in [-0.2, 0) is 35.1 Å². The summed E-state index contributed by atoms with van der Waals surface area (Å²) in [6.45, 7) is 16.1. The van der Waals surface area contributed by atoms with Crippen molar-refractivity contribution < 1.29 is 33.4 Å². The molecular weight excluding hydrogens is 600 g/mol. The highest BCUT2D eigenvalue weighted by Gasteiger charge is 2.38. The van der Waals surface area contributed by atoms with Crippen LogP contribution in [0.3, 0.4) is 0 Å². The fraction of sp³-hybridized carbons (Fsp3) is 0.528. The Morgan fingerprint density at radius 3 is 2.00 bits per heavy atom. The number of benzene rings is 2. The van der Waals surface area contributed by atoms with E-state index in [0.717, 1.165) is 16.7 Å². The largest absolute Gasteiger partial charge is 0.458 e. The van der Waals surface area contributed by atoms with Crippen LogP contribution in [0.2, 0.25) is 0 Å².